The van der Waals surface area contributed by atoms with Gasteiger partial charge in [-0.1, -0.05) is 0 Å². The van der Waals surface area contributed by atoms with Crippen LogP contribution in [0.4, 0.5) is 0 Å². The van der Waals surface area contributed by atoms with Crippen molar-refractivity contribution in [3.63, 3.8) is 0 Å². The maximum atomic E-state index is 12.7. The van der Waals surface area contributed by atoms with E-state index in [1.807, 2.05) is 31.5 Å². The molecule has 5 nitrogen and oxygen atoms in total. The minimum absolute atomic E-state index is 0.0390. The Kier molecular flexibility index (Phi) is 2.70. The maximum absolute atomic E-state index is 12.7. The molecule has 1 aliphatic rings. The molecule has 0 aromatic carbocycles. The summed E-state index contributed by atoms with van der Waals surface area (Å²) in [5.74, 6) is 0.613. The Labute approximate surface area is 115 Å². The fourth-order valence-corrected chi connectivity index (χ4v) is 2.67. The summed E-state index contributed by atoms with van der Waals surface area (Å²) in [6.07, 6.45) is 2.17. The van der Waals surface area contributed by atoms with E-state index in [-0.39, 0.29) is 5.56 Å². The summed E-state index contributed by atoms with van der Waals surface area (Å²) in [6.45, 7) is 3.93. The van der Waals surface area contributed by atoms with Crippen LogP contribution >= 0.6 is 12.2 Å². The fourth-order valence-electron chi connectivity index (χ4n) is 2.53. The molecule has 0 bridgehead atoms. The van der Waals surface area contributed by atoms with E-state index < -0.39 is 0 Å². The second-order valence-electron chi connectivity index (χ2n) is 5.16. The molecule has 2 aromatic heterocycles. The highest BCUT2D eigenvalue weighted by Crippen LogP contribution is 2.35. The molecule has 1 fully saturated rings. The molecule has 6 heteroatoms. The molecule has 0 spiro atoms. The first kappa shape index (κ1) is 12.3. The average Bonchev–Trinajstić information content (AvgIpc) is 3.10. The maximum Gasteiger partial charge on any atom is 0.262 e. The normalized spacial score (nSPS) is 14.9. The molecule has 0 aliphatic heterocycles. The Morgan fingerprint density at radius 3 is 2.63 bits per heavy atom. The van der Waals surface area contributed by atoms with Gasteiger partial charge in [0.25, 0.3) is 5.56 Å². The number of rotatable bonds is 2. The Balaban J connectivity index is 2.32. The van der Waals surface area contributed by atoms with Gasteiger partial charge in [-0.2, -0.15) is 5.10 Å². The van der Waals surface area contributed by atoms with E-state index in [1.54, 1.807) is 4.57 Å². The zero-order chi connectivity index (χ0) is 13.7. The second-order valence-corrected chi connectivity index (χ2v) is 5.55. The lowest BCUT2D eigenvalue weighted by Crippen LogP contribution is -2.25. The minimum atomic E-state index is 0.0390. The number of hydrogen-bond acceptors (Lipinski definition) is 3. The van der Waals surface area contributed by atoms with Crippen LogP contribution in [0.1, 0.15) is 30.1 Å². The SMILES string of the molecule is Cc1cc(C)n(C2CC2)c(=O)c1-c1n[nH]c(=S)n1C. The molecule has 100 valence electrons. The van der Waals surface area contributed by atoms with Crippen LogP contribution in [0.5, 0.6) is 0 Å². The number of aryl methyl sites for hydroxylation is 2. The first-order valence-corrected chi connectivity index (χ1v) is 6.76. The van der Waals surface area contributed by atoms with Gasteiger partial charge < -0.3 is 9.13 Å². The molecule has 2 aromatic rings. The lowest BCUT2D eigenvalue weighted by Gasteiger charge is -2.13. The summed E-state index contributed by atoms with van der Waals surface area (Å²) in [6, 6.07) is 2.41. The van der Waals surface area contributed by atoms with Crippen molar-refractivity contribution < 1.29 is 0 Å². The molecule has 1 N–H and O–H groups in total. The predicted octanol–water partition coefficient (Wildman–Crippen LogP) is 2.26. The highest BCUT2D eigenvalue weighted by molar-refractivity contribution is 7.71. The van der Waals surface area contributed by atoms with E-state index in [0.717, 1.165) is 24.1 Å². The number of nitrogens with zero attached hydrogens (tertiary/aromatic N) is 3. The van der Waals surface area contributed by atoms with E-state index >= 15 is 0 Å². The van der Waals surface area contributed by atoms with Crippen molar-refractivity contribution in [2.75, 3.05) is 0 Å². The summed E-state index contributed by atoms with van der Waals surface area (Å²) in [7, 11) is 1.82. The van der Waals surface area contributed by atoms with Gasteiger partial charge in [-0.3, -0.25) is 9.89 Å². The highest BCUT2D eigenvalue weighted by Gasteiger charge is 2.28. The number of aromatic nitrogens is 4. The number of pyridine rings is 1. The quantitative estimate of drug-likeness (QED) is 0.856. The van der Waals surface area contributed by atoms with E-state index in [2.05, 4.69) is 10.2 Å². The lowest BCUT2D eigenvalue weighted by molar-refractivity contribution is 0.680. The fraction of sp³-hybridized carbons (Fsp3) is 0.462. The molecular weight excluding hydrogens is 260 g/mol. The van der Waals surface area contributed by atoms with Gasteiger partial charge in [-0.25, -0.2) is 0 Å². The van der Waals surface area contributed by atoms with Crippen molar-refractivity contribution in [3.8, 4) is 11.4 Å². The van der Waals surface area contributed by atoms with Crippen LogP contribution in [0.3, 0.4) is 0 Å². The number of nitrogens with one attached hydrogen (secondary N) is 1. The molecule has 0 radical (unpaired) electrons. The van der Waals surface area contributed by atoms with Crippen molar-refractivity contribution in [2.45, 2.75) is 32.7 Å². The van der Waals surface area contributed by atoms with E-state index in [9.17, 15) is 4.79 Å². The zero-order valence-electron chi connectivity index (χ0n) is 11.2. The van der Waals surface area contributed by atoms with Crippen molar-refractivity contribution in [1.82, 2.24) is 19.3 Å². The van der Waals surface area contributed by atoms with Gasteiger partial charge in [0, 0.05) is 18.8 Å². The van der Waals surface area contributed by atoms with Crippen molar-refractivity contribution in [2.24, 2.45) is 7.05 Å². The lowest BCUT2D eigenvalue weighted by atomic mass is 10.1. The average molecular weight is 276 g/mol. The largest absolute Gasteiger partial charge is 0.309 e. The van der Waals surface area contributed by atoms with Gasteiger partial charge in [0.2, 0.25) is 0 Å². The van der Waals surface area contributed by atoms with E-state index in [4.69, 9.17) is 12.2 Å². The standard InChI is InChI=1S/C13H16N4OS/c1-7-6-8(2)17(9-4-5-9)12(18)10(7)11-14-15-13(19)16(11)3/h6,9H,4-5H2,1-3H3,(H,15,19). The minimum Gasteiger partial charge on any atom is -0.309 e. The molecule has 2 heterocycles. The van der Waals surface area contributed by atoms with Gasteiger partial charge in [0.05, 0.1) is 5.56 Å². The number of hydrogen-bond donors (Lipinski definition) is 1. The topological polar surface area (TPSA) is 55.6 Å². The van der Waals surface area contributed by atoms with Crippen LogP contribution in [0.2, 0.25) is 0 Å². The Hall–Kier alpha value is -1.69. The molecule has 1 saturated carbocycles. The molecule has 19 heavy (non-hydrogen) atoms. The summed E-state index contributed by atoms with van der Waals surface area (Å²) in [5.41, 5.74) is 2.64. The zero-order valence-corrected chi connectivity index (χ0v) is 12.0. The van der Waals surface area contributed by atoms with Gasteiger partial charge in [0.1, 0.15) is 0 Å². The third-order valence-corrected chi connectivity index (χ3v) is 4.01. The molecule has 1 aliphatic carbocycles. The molecule has 0 atom stereocenters. The van der Waals surface area contributed by atoms with E-state index in [1.165, 1.54) is 0 Å². The Bertz CT molecular complexity index is 764. The number of aromatic amines is 1. The van der Waals surface area contributed by atoms with Crippen molar-refractivity contribution >= 4 is 12.2 Å². The smallest absolute Gasteiger partial charge is 0.262 e. The number of H-pyrrole nitrogens is 1. The summed E-state index contributed by atoms with van der Waals surface area (Å²) in [5, 5.41) is 6.93. The monoisotopic (exact) mass is 276 g/mol. The third kappa shape index (κ3) is 1.87. The molecular formula is C13H16N4OS. The third-order valence-electron chi connectivity index (χ3n) is 3.65. The van der Waals surface area contributed by atoms with Crippen LogP contribution in [0.25, 0.3) is 11.4 Å². The van der Waals surface area contributed by atoms with E-state index in [0.29, 0.717) is 22.2 Å². The van der Waals surface area contributed by atoms with Crippen LogP contribution in [0.15, 0.2) is 10.9 Å². The Morgan fingerprint density at radius 2 is 2.11 bits per heavy atom. The van der Waals surface area contributed by atoms with Crippen LogP contribution < -0.4 is 5.56 Å². The molecule has 0 unspecified atom stereocenters. The van der Waals surface area contributed by atoms with Crippen molar-refractivity contribution in [1.29, 1.82) is 0 Å². The molecule has 0 amide bonds. The molecule has 3 rings (SSSR count). The summed E-state index contributed by atoms with van der Waals surface area (Å²) in [4.78, 5) is 12.7. The van der Waals surface area contributed by atoms with Gasteiger partial charge in [-0.05, 0) is 50.5 Å². The summed E-state index contributed by atoms with van der Waals surface area (Å²) < 4.78 is 4.15. The predicted molar refractivity (Wildman–Crippen MR) is 75.8 cm³/mol. The summed E-state index contributed by atoms with van der Waals surface area (Å²) >= 11 is 5.12. The van der Waals surface area contributed by atoms with Gasteiger partial charge in [0.15, 0.2) is 10.6 Å². The first-order chi connectivity index (χ1) is 9.00. The van der Waals surface area contributed by atoms with Crippen LogP contribution in [-0.2, 0) is 7.05 Å². The van der Waals surface area contributed by atoms with Gasteiger partial charge in [-0.15, -0.1) is 0 Å². The highest BCUT2D eigenvalue weighted by atomic mass is 32.1. The van der Waals surface area contributed by atoms with Crippen LogP contribution in [0, 0.1) is 18.6 Å². The first-order valence-electron chi connectivity index (χ1n) is 6.35. The second kappa shape index (κ2) is 4.16. The Morgan fingerprint density at radius 1 is 1.42 bits per heavy atom. The van der Waals surface area contributed by atoms with Crippen molar-refractivity contribution in [3.05, 3.63) is 32.4 Å². The van der Waals surface area contributed by atoms with Gasteiger partial charge >= 0.3 is 0 Å². The molecule has 0 saturated heterocycles. The van der Waals surface area contributed by atoms with Crippen LogP contribution in [-0.4, -0.2) is 19.3 Å².